The maximum Gasteiger partial charge on any atom is 0.484 e. The summed E-state index contributed by atoms with van der Waals surface area (Å²) in [6.07, 6.45) is 8.89. The molecule has 2 aliphatic rings. The quantitative estimate of drug-likeness (QED) is 0.469. The lowest BCUT2D eigenvalue weighted by atomic mass is 9.60. The Bertz CT molecular complexity index is 409. The van der Waals surface area contributed by atoms with Crippen molar-refractivity contribution in [1.29, 1.82) is 0 Å². The molecule has 2 rings (SSSR count). The average Bonchev–Trinajstić information content (AvgIpc) is 2.60. The Morgan fingerprint density at radius 2 is 1.81 bits per heavy atom. The van der Waals surface area contributed by atoms with Crippen LogP contribution in [0.4, 0.5) is 0 Å². The van der Waals surface area contributed by atoms with Gasteiger partial charge in [0.25, 0.3) is 11.8 Å². The van der Waals surface area contributed by atoms with Crippen LogP contribution in [0.5, 0.6) is 0 Å². The first kappa shape index (κ1) is 10.8. The van der Waals surface area contributed by atoms with E-state index in [2.05, 4.69) is 0 Å². The van der Waals surface area contributed by atoms with Crippen molar-refractivity contribution in [3.8, 4) is 0 Å². The molecule has 0 saturated carbocycles. The summed E-state index contributed by atoms with van der Waals surface area (Å²) in [6, 6.07) is 0. The van der Waals surface area contributed by atoms with Crippen molar-refractivity contribution in [3.05, 3.63) is 36.5 Å². The summed E-state index contributed by atoms with van der Waals surface area (Å²) in [4.78, 5) is 23.9. The van der Waals surface area contributed by atoms with Crippen LogP contribution in [0.25, 0.3) is 0 Å². The molecule has 1 aliphatic heterocycles. The molecule has 16 heavy (non-hydrogen) atoms. The van der Waals surface area contributed by atoms with E-state index in [0.717, 1.165) is 17.1 Å². The first-order chi connectivity index (χ1) is 7.58. The van der Waals surface area contributed by atoms with Gasteiger partial charge in [0.1, 0.15) is 5.44 Å². The van der Waals surface area contributed by atoms with Gasteiger partial charge in [-0.15, -0.1) is 0 Å². The largest absolute Gasteiger partial charge is 0.484 e. The first-order valence-electron chi connectivity index (χ1n) is 4.85. The number of carbonyl (C=O) groups is 2. The van der Waals surface area contributed by atoms with Gasteiger partial charge in [0, 0.05) is 12.2 Å². The van der Waals surface area contributed by atoms with Crippen LogP contribution in [0, 0.1) is 0 Å². The zero-order chi connectivity index (χ0) is 11.8. The van der Waals surface area contributed by atoms with E-state index in [1.165, 1.54) is 6.08 Å². The Balaban J connectivity index is 2.41. The highest BCUT2D eigenvalue weighted by molar-refractivity contribution is 6.48. The standard InChI is InChI=1S/C10H10BNO4/c13-8-4-5-9(14)12(8)10(11(15)16)6-2-1-3-7-10/h1-6,15-16H,7H2. The minimum absolute atomic E-state index is 0.195. The molecule has 82 valence electrons. The Hall–Kier alpha value is -1.66. The van der Waals surface area contributed by atoms with E-state index in [1.807, 2.05) is 0 Å². The highest BCUT2D eigenvalue weighted by Crippen LogP contribution is 2.29. The number of hydrogen-bond donors (Lipinski definition) is 2. The topological polar surface area (TPSA) is 77.8 Å². The predicted molar refractivity (Wildman–Crippen MR) is 56.8 cm³/mol. The third kappa shape index (κ3) is 1.43. The molecule has 0 spiro atoms. The van der Waals surface area contributed by atoms with Gasteiger partial charge in [-0.05, 0) is 6.42 Å². The molecule has 1 aliphatic carbocycles. The molecule has 0 saturated heterocycles. The van der Waals surface area contributed by atoms with E-state index in [4.69, 9.17) is 0 Å². The molecular formula is C10H10BNO4. The van der Waals surface area contributed by atoms with Gasteiger partial charge in [-0.1, -0.05) is 24.3 Å². The molecule has 0 aromatic rings. The lowest BCUT2D eigenvalue weighted by Gasteiger charge is -2.37. The second kappa shape index (κ2) is 3.73. The molecule has 1 unspecified atom stereocenters. The number of rotatable bonds is 2. The number of amides is 2. The van der Waals surface area contributed by atoms with Gasteiger partial charge < -0.3 is 10.0 Å². The first-order valence-corrected chi connectivity index (χ1v) is 4.85. The Morgan fingerprint density at radius 1 is 1.19 bits per heavy atom. The van der Waals surface area contributed by atoms with Crippen LogP contribution in [0.3, 0.4) is 0 Å². The van der Waals surface area contributed by atoms with Crippen molar-refractivity contribution in [3.63, 3.8) is 0 Å². The van der Waals surface area contributed by atoms with Crippen LogP contribution in [0.2, 0.25) is 0 Å². The van der Waals surface area contributed by atoms with E-state index >= 15 is 0 Å². The van der Waals surface area contributed by atoms with Crippen LogP contribution in [-0.2, 0) is 9.59 Å². The van der Waals surface area contributed by atoms with Gasteiger partial charge in [-0.2, -0.15) is 0 Å². The van der Waals surface area contributed by atoms with Gasteiger partial charge in [0.15, 0.2) is 0 Å². The summed E-state index contributed by atoms with van der Waals surface area (Å²) < 4.78 is 0. The summed E-state index contributed by atoms with van der Waals surface area (Å²) >= 11 is 0. The molecule has 0 radical (unpaired) electrons. The molecule has 2 N–H and O–H groups in total. The summed E-state index contributed by atoms with van der Waals surface area (Å²) in [5.74, 6) is -1.06. The lowest BCUT2D eigenvalue weighted by molar-refractivity contribution is -0.140. The normalized spacial score (nSPS) is 28.0. The second-order valence-electron chi connectivity index (χ2n) is 3.70. The molecule has 2 amide bonds. The van der Waals surface area contributed by atoms with E-state index in [1.54, 1.807) is 18.2 Å². The fourth-order valence-corrected chi connectivity index (χ4v) is 1.91. The molecule has 5 nitrogen and oxygen atoms in total. The van der Waals surface area contributed by atoms with Crippen molar-refractivity contribution in [2.45, 2.75) is 11.9 Å². The average molecular weight is 219 g/mol. The van der Waals surface area contributed by atoms with Crippen molar-refractivity contribution < 1.29 is 19.6 Å². The van der Waals surface area contributed by atoms with Crippen molar-refractivity contribution in [2.75, 3.05) is 0 Å². The van der Waals surface area contributed by atoms with Crippen LogP contribution in [0.1, 0.15) is 6.42 Å². The van der Waals surface area contributed by atoms with E-state index < -0.39 is 24.4 Å². The van der Waals surface area contributed by atoms with Crippen LogP contribution in [0.15, 0.2) is 36.5 Å². The Kier molecular flexibility index (Phi) is 2.53. The van der Waals surface area contributed by atoms with Crippen LogP contribution >= 0.6 is 0 Å². The number of hydrogen-bond acceptors (Lipinski definition) is 4. The highest BCUT2D eigenvalue weighted by atomic mass is 16.4. The summed E-state index contributed by atoms with van der Waals surface area (Å²) in [7, 11) is -1.80. The molecule has 6 heteroatoms. The molecule has 1 atom stereocenters. The number of nitrogens with zero attached hydrogens (tertiary/aromatic N) is 1. The summed E-state index contributed by atoms with van der Waals surface area (Å²) in [6.45, 7) is 0. The zero-order valence-corrected chi connectivity index (χ0v) is 8.41. The predicted octanol–water partition coefficient (Wildman–Crippen LogP) is -0.822. The zero-order valence-electron chi connectivity index (χ0n) is 8.41. The molecule has 0 fully saturated rings. The van der Waals surface area contributed by atoms with Gasteiger partial charge >= 0.3 is 7.12 Å². The van der Waals surface area contributed by atoms with Gasteiger partial charge in [0.05, 0.1) is 0 Å². The number of imide groups is 1. The lowest BCUT2D eigenvalue weighted by Crippen LogP contribution is -2.60. The fourth-order valence-electron chi connectivity index (χ4n) is 1.91. The summed E-state index contributed by atoms with van der Waals surface area (Å²) in [5, 5.41) is 18.8. The van der Waals surface area contributed by atoms with E-state index in [-0.39, 0.29) is 6.42 Å². The fraction of sp³-hybridized carbons (Fsp3) is 0.200. The van der Waals surface area contributed by atoms with E-state index in [9.17, 15) is 19.6 Å². The molecule has 0 aromatic heterocycles. The molecule has 1 heterocycles. The SMILES string of the molecule is O=C1C=CC(=O)N1C1(B(O)O)C=CC=CC1. The van der Waals surface area contributed by atoms with E-state index in [0.29, 0.717) is 0 Å². The maximum absolute atomic E-state index is 11.5. The monoisotopic (exact) mass is 219 g/mol. The minimum Gasteiger partial charge on any atom is -0.425 e. The molecular weight excluding hydrogens is 209 g/mol. The van der Waals surface area contributed by atoms with Crippen LogP contribution in [-0.4, -0.2) is 39.3 Å². The maximum atomic E-state index is 11.5. The molecule has 0 bridgehead atoms. The minimum atomic E-state index is -1.80. The highest BCUT2D eigenvalue weighted by Gasteiger charge is 2.50. The summed E-state index contributed by atoms with van der Waals surface area (Å²) in [5.41, 5.74) is -1.38. The third-order valence-electron chi connectivity index (χ3n) is 2.75. The number of carbonyl (C=O) groups excluding carboxylic acids is 2. The molecule has 0 aromatic carbocycles. The smallest absolute Gasteiger partial charge is 0.425 e. The van der Waals surface area contributed by atoms with Gasteiger partial charge in [0.2, 0.25) is 0 Å². The van der Waals surface area contributed by atoms with Crippen molar-refractivity contribution in [2.24, 2.45) is 0 Å². The third-order valence-corrected chi connectivity index (χ3v) is 2.75. The Labute approximate surface area is 92.5 Å². The van der Waals surface area contributed by atoms with Gasteiger partial charge in [-0.3, -0.25) is 14.5 Å². The van der Waals surface area contributed by atoms with Crippen molar-refractivity contribution in [1.82, 2.24) is 4.90 Å². The van der Waals surface area contributed by atoms with Crippen LogP contribution < -0.4 is 0 Å². The van der Waals surface area contributed by atoms with Gasteiger partial charge in [-0.25, -0.2) is 0 Å². The number of allylic oxidation sites excluding steroid dienone is 2. The second-order valence-corrected chi connectivity index (χ2v) is 3.70. The Morgan fingerprint density at radius 3 is 2.25 bits per heavy atom. The van der Waals surface area contributed by atoms with Crippen molar-refractivity contribution >= 4 is 18.9 Å².